The van der Waals surface area contributed by atoms with E-state index in [1.165, 1.54) is 0 Å². The zero-order chi connectivity index (χ0) is 22.8. The van der Waals surface area contributed by atoms with E-state index in [1.54, 1.807) is 22.7 Å². The summed E-state index contributed by atoms with van der Waals surface area (Å²) in [5, 5.41) is 4.25. The number of rotatable bonds is 11. The largest absolute Gasteiger partial charge is 0.352 e. The van der Waals surface area contributed by atoms with E-state index in [2.05, 4.69) is 5.32 Å². The monoisotopic (exact) mass is 480 g/mol. The summed E-state index contributed by atoms with van der Waals surface area (Å²) in [6.07, 6.45) is 1.62. The van der Waals surface area contributed by atoms with Crippen LogP contribution in [0.2, 0.25) is 10.0 Å². The highest BCUT2D eigenvalue weighted by atomic mass is 35.5. The predicted octanol–water partition coefficient (Wildman–Crippen LogP) is 6.20. The number of nitrogens with zero attached hydrogens (tertiary/aromatic N) is 1. The molecule has 0 aromatic heterocycles. The molecule has 0 aliphatic heterocycles. The Labute approximate surface area is 199 Å². The summed E-state index contributed by atoms with van der Waals surface area (Å²) >= 11 is 14.0. The van der Waals surface area contributed by atoms with Gasteiger partial charge in [-0.2, -0.15) is 0 Å². The first-order valence-electron chi connectivity index (χ1n) is 10.5. The fraction of sp³-hybridized carbons (Fsp3) is 0.417. The van der Waals surface area contributed by atoms with Gasteiger partial charge >= 0.3 is 0 Å². The Kier molecular flexibility index (Phi) is 10.7. The van der Waals surface area contributed by atoms with Crippen LogP contribution in [0.4, 0.5) is 0 Å². The van der Waals surface area contributed by atoms with Gasteiger partial charge in [-0.1, -0.05) is 48.3 Å². The molecule has 0 radical (unpaired) electrons. The quantitative estimate of drug-likeness (QED) is 0.307. The molecular weight excluding hydrogens is 451 g/mol. The third-order valence-electron chi connectivity index (χ3n) is 4.73. The molecule has 2 aromatic rings. The lowest BCUT2D eigenvalue weighted by Crippen LogP contribution is -2.50. The molecule has 0 fully saturated rings. The van der Waals surface area contributed by atoms with Gasteiger partial charge in [-0.05, 0) is 68.3 Å². The molecule has 1 N–H and O–H groups in total. The van der Waals surface area contributed by atoms with E-state index < -0.39 is 6.04 Å². The van der Waals surface area contributed by atoms with Crippen molar-refractivity contribution >= 4 is 46.8 Å². The summed E-state index contributed by atoms with van der Waals surface area (Å²) in [5.41, 5.74) is 0.837. The Morgan fingerprint density at radius 3 is 2.35 bits per heavy atom. The lowest BCUT2D eigenvalue weighted by atomic mass is 10.1. The van der Waals surface area contributed by atoms with Crippen molar-refractivity contribution in [2.24, 2.45) is 0 Å². The summed E-state index contributed by atoms with van der Waals surface area (Å²) in [4.78, 5) is 28.8. The molecule has 0 unspecified atom stereocenters. The second kappa shape index (κ2) is 13.0. The van der Waals surface area contributed by atoms with Crippen LogP contribution in [0.5, 0.6) is 0 Å². The van der Waals surface area contributed by atoms with Crippen molar-refractivity contribution in [1.82, 2.24) is 10.2 Å². The van der Waals surface area contributed by atoms with Crippen LogP contribution in [0.3, 0.4) is 0 Å². The van der Waals surface area contributed by atoms with Gasteiger partial charge in [0.25, 0.3) is 0 Å². The zero-order valence-corrected chi connectivity index (χ0v) is 20.6. The summed E-state index contributed by atoms with van der Waals surface area (Å²) in [7, 11) is 0. The molecule has 0 bridgehead atoms. The smallest absolute Gasteiger partial charge is 0.243 e. The van der Waals surface area contributed by atoms with Crippen LogP contribution in [-0.4, -0.2) is 34.6 Å². The van der Waals surface area contributed by atoms with Gasteiger partial charge in [-0.25, -0.2) is 0 Å². The minimum absolute atomic E-state index is 0.00888. The Hall–Kier alpha value is -1.69. The number of thioether (sulfide) groups is 1. The molecule has 0 saturated carbocycles. The molecule has 31 heavy (non-hydrogen) atoms. The van der Waals surface area contributed by atoms with Crippen molar-refractivity contribution in [1.29, 1.82) is 0 Å². The van der Waals surface area contributed by atoms with Gasteiger partial charge in [-0.3, -0.25) is 9.59 Å². The van der Waals surface area contributed by atoms with Crippen LogP contribution in [-0.2, 0) is 16.1 Å². The van der Waals surface area contributed by atoms with Gasteiger partial charge in [0.1, 0.15) is 6.04 Å². The van der Waals surface area contributed by atoms with Crippen molar-refractivity contribution in [3.63, 3.8) is 0 Å². The average molecular weight is 481 g/mol. The number of carbonyl (C=O) groups excluding carboxylic acids is 2. The molecule has 7 heteroatoms. The molecule has 4 nitrogen and oxygen atoms in total. The van der Waals surface area contributed by atoms with Gasteiger partial charge in [-0.15, -0.1) is 11.8 Å². The number of amides is 2. The van der Waals surface area contributed by atoms with Crippen molar-refractivity contribution in [3.05, 3.63) is 64.1 Å². The summed E-state index contributed by atoms with van der Waals surface area (Å²) in [6.45, 7) is 6.07. The minimum atomic E-state index is -0.532. The lowest BCUT2D eigenvalue weighted by molar-refractivity contribution is -0.141. The maximum atomic E-state index is 13.2. The fourth-order valence-corrected chi connectivity index (χ4v) is 4.37. The van der Waals surface area contributed by atoms with E-state index in [1.807, 2.05) is 63.2 Å². The van der Waals surface area contributed by atoms with E-state index in [0.717, 1.165) is 16.2 Å². The standard InChI is InChI=1S/C24H30Cl2N2O2S/c1-4-22(24(30)27-17(2)3)28(16-18-8-5-6-9-21(18)26)23(29)10-7-15-31-20-13-11-19(25)12-14-20/h5-6,8-9,11-14,17,22H,4,7,10,15-16H2,1-3H3,(H,27,30)/t22-/m0/s1. The lowest BCUT2D eigenvalue weighted by Gasteiger charge is -2.31. The SMILES string of the molecule is CC[C@@H](C(=O)NC(C)C)N(Cc1ccccc1Cl)C(=O)CCCSc1ccc(Cl)cc1. The third-order valence-corrected chi connectivity index (χ3v) is 6.45. The van der Waals surface area contributed by atoms with Gasteiger partial charge in [0.05, 0.1) is 0 Å². The number of benzene rings is 2. The number of carbonyl (C=O) groups is 2. The van der Waals surface area contributed by atoms with Crippen molar-refractivity contribution in [2.45, 2.75) is 63.6 Å². The first kappa shape index (κ1) is 25.6. The molecule has 0 saturated heterocycles. The van der Waals surface area contributed by atoms with Crippen LogP contribution in [0.15, 0.2) is 53.4 Å². The molecule has 168 valence electrons. The van der Waals surface area contributed by atoms with E-state index >= 15 is 0 Å². The van der Waals surface area contributed by atoms with E-state index in [9.17, 15) is 9.59 Å². The van der Waals surface area contributed by atoms with Gasteiger partial charge in [0.2, 0.25) is 11.8 Å². The van der Waals surface area contributed by atoms with Crippen LogP contribution >= 0.6 is 35.0 Å². The van der Waals surface area contributed by atoms with Crippen LogP contribution in [0.25, 0.3) is 0 Å². The molecule has 2 amide bonds. The molecule has 1 atom stereocenters. The number of halogens is 2. The second-order valence-corrected chi connectivity index (χ2v) is 9.62. The highest BCUT2D eigenvalue weighted by Gasteiger charge is 2.29. The van der Waals surface area contributed by atoms with E-state index in [-0.39, 0.29) is 17.9 Å². The Morgan fingerprint density at radius 2 is 1.74 bits per heavy atom. The molecule has 0 aliphatic rings. The third kappa shape index (κ3) is 8.40. The molecular formula is C24H30Cl2N2O2S. The van der Waals surface area contributed by atoms with Crippen molar-refractivity contribution < 1.29 is 9.59 Å². The molecule has 2 aromatic carbocycles. The van der Waals surface area contributed by atoms with Gasteiger partial charge in [0.15, 0.2) is 0 Å². The second-order valence-electron chi connectivity index (χ2n) is 7.61. The normalized spacial score (nSPS) is 11.9. The minimum Gasteiger partial charge on any atom is -0.352 e. The number of hydrogen-bond acceptors (Lipinski definition) is 3. The summed E-state index contributed by atoms with van der Waals surface area (Å²) in [5.74, 6) is 0.637. The summed E-state index contributed by atoms with van der Waals surface area (Å²) < 4.78 is 0. The highest BCUT2D eigenvalue weighted by molar-refractivity contribution is 7.99. The van der Waals surface area contributed by atoms with E-state index in [4.69, 9.17) is 23.2 Å². The first-order chi connectivity index (χ1) is 14.8. The topological polar surface area (TPSA) is 49.4 Å². The van der Waals surface area contributed by atoms with Crippen LogP contribution in [0.1, 0.15) is 45.6 Å². The van der Waals surface area contributed by atoms with Crippen molar-refractivity contribution in [2.75, 3.05) is 5.75 Å². The average Bonchev–Trinajstić information content (AvgIpc) is 2.73. The fourth-order valence-electron chi connectivity index (χ4n) is 3.20. The Balaban J connectivity index is 2.06. The number of hydrogen-bond donors (Lipinski definition) is 1. The molecule has 0 aliphatic carbocycles. The molecule has 0 spiro atoms. The van der Waals surface area contributed by atoms with Crippen LogP contribution in [0, 0.1) is 0 Å². The predicted molar refractivity (Wildman–Crippen MR) is 131 cm³/mol. The van der Waals surface area contributed by atoms with Gasteiger partial charge < -0.3 is 10.2 Å². The summed E-state index contributed by atoms with van der Waals surface area (Å²) in [6, 6.07) is 14.6. The van der Waals surface area contributed by atoms with Gasteiger partial charge in [0, 0.05) is 33.9 Å². The maximum Gasteiger partial charge on any atom is 0.243 e. The first-order valence-corrected chi connectivity index (χ1v) is 12.3. The zero-order valence-electron chi connectivity index (χ0n) is 18.2. The molecule has 2 rings (SSSR count). The molecule has 0 heterocycles. The Bertz CT molecular complexity index is 859. The number of nitrogens with one attached hydrogen (secondary N) is 1. The van der Waals surface area contributed by atoms with Crippen LogP contribution < -0.4 is 5.32 Å². The maximum absolute atomic E-state index is 13.2. The van der Waals surface area contributed by atoms with E-state index in [0.29, 0.717) is 35.9 Å². The Morgan fingerprint density at radius 1 is 1.06 bits per heavy atom. The van der Waals surface area contributed by atoms with Crippen molar-refractivity contribution in [3.8, 4) is 0 Å². The highest BCUT2D eigenvalue weighted by Crippen LogP contribution is 2.23.